The zero-order valence-corrected chi connectivity index (χ0v) is 18.1. The van der Waals surface area contributed by atoms with Gasteiger partial charge in [0.05, 0.1) is 26.3 Å². The zero-order chi connectivity index (χ0) is 22.1. The van der Waals surface area contributed by atoms with Crippen LogP contribution in [-0.4, -0.2) is 34.4 Å². The second-order valence-corrected chi connectivity index (χ2v) is 7.54. The Kier molecular flexibility index (Phi) is 7.81. The summed E-state index contributed by atoms with van der Waals surface area (Å²) in [4.78, 5) is 16.6. The molecule has 0 aliphatic rings. The minimum atomic E-state index is -0.235. The highest BCUT2D eigenvalue weighted by atomic mass is 16.5. The third-order valence-corrected chi connectivity index (χ3v) is 4.54. The van der Waals surface area contributed by atoms with Crippen molar-refractivity contribution in [3.8, 4) is 11.5 Å². The van der Waals surface area contributed by atoms with Crippen LogP contribution in [0.4, 0.5) is 0 Å². The van der Waals surface area contributed by atoms with Crippen molar-refractivity contribution in [2.45, 2.75) is 26.4 Å². The fourth-order valence-electron chi connectivity index (χ4n) is 2.99. The van der Waals surface area contributed by atoms with Crippen molar-refractivity contribution >= 4 is 12.0 Å². The lowest BCUT2D eigenvalue weighted by Gasteiger charge is -2.18. The van der Waals surface area contributed by atoms with Crippen LogP contribution in [0, 0.1) is 5.92 Å². The average Bonchev–Trinajstić information content (AvgIpc) is 3.29. The molecule has 0 radical (unpaired) electrons. The Balaban J connectivity index is 1.68. The maximum Gasteiger partial charge on any atom is 0.244 e. The van der Waals surface area contributed by atoms with E-state index in [4.69, 9.17) is 9.47 Å². The van der Waals surface area contributed by atoms with Crippen LogP contribution in [0.1, 0.15) is 31.0 Å². The van der Waals surface area contributed by atoms with Gasteiger partial charge in [-0.05, 0) is 35.3 Å². The second kappa shape index (κ2) is 11.0. The molecule has 0 aliphatic carbocycles. The van der Waals surface area contributed by atoms with E-state index in [0.29, 0.717) is 30.6 Å². The molecule has 31 heavy (non-hydrogen) atoms. The highest BCUT2D eigenvalue weighted by molar-refractivity contribution is 5.92. The second-order valence-electron chi connectivity index (χ2n) is 7.54. The summed E-state index contributed by atoms with van der Waals surface area (Å²) in [5.41, 5.74) is 1.84. The molecular formula is C24H28N4O3. The number of methoxy groups -OCH3 is 1. The van der Waals surface area contributed by atoms with E-state index in [9.17, 15) is 4.79 Å². The van der Waals surface area contributed by atoms with Gasteiger partial charge in [-0.25, -0.2) is 4.98 Å². The Morgan fingerprint density at radius 2 is 1.97 bits per heavy atom. The third-order valence-electron chi connectivity index (χ3n) is 4.54. The number of benzene rings is 2. The summed E-state index contributed by atoms with van der Waals surface area (Å²) in [7, 11) is 1.60. The number of rotatable bonds is 10. The van der Waals surface area contributed by atoms with Crippen molar-refractivity contribution in [2.24, 2.45) is 5.92 Å². The molecule has 0 fully saturated rings. The third kappa shape index (κ3) is 6.70. The fraction of sp³-hybridized carbons (Fsp3) is 0.292. The van der Waals surface area contributed by atoms with E-state index in [-0.39, 0.29) is 11.9 Å². The van der Waals surface area contributed by atoms with Crippen molar-refractivity contribution in [2.75, 3.05) is 13.7 Å². The normalized spacial score (nSPS) is 12.1. The molecule has 0 saturated heterocycles. The van der Waals surface area contributed by atoms with Crippen LogP contribution < -0.4 is 14.8 Å². The predicted molar refractivity (Wildman–Crippen MR) is 120 cm³/mol. The molecule has 1 heterocycles. The van der Waals surface area contributed by atoms with Gasteiger partial charge in [-0.1, -0.05) is 50.2 Å². The van der Waals surface area contributed by atoms with Crippen LogP contribution in [0.2, 0.25) is 0 Å². The van der Waals surface area contributed by atoms with Gasteiger partial charge < -0.3 is 14.8 Å². The summed E-state index contributed by atoms with van der Waals surface area (Å²) in [5.74, 6) is 1.54. The zero-order valence-electron chi connectivity index (χ0n) is 18.1. The van der Waals surface area contributed by atoms with Crippen LogP contribution in [0.3, 0.4) is 0 Å². The van der Waals surface area contributed by atoms with Gasteiger partial charge in [0.2, 0.25) is 5.91 Å². The van der Waals surface area contributed by atoms with Crippen molar-refractivity contribution in [3.63, 3.8) is 0 Å². The number of nitrogens with one attached hydrogen (secondary N) is 1. The molecule has 1 amide bonds. The molecule has 3 aromatic rings. The Bertz CT molecular complexity index is 985. The van der Waals surface area contributed by atoms with Crippen molar-refractivity contribution < 1.29 is 14.3 Å². The number of carbonyl (C=O) groups excluding carboxylic acids is 1. The molecule has 0 aliphatic heterocycles. The molecule has 2 aromatic carbocycles. The number of hydrogen-bond acceptors (Lipinski definition) is 5. The molecule has 0 spiro atoms. The molecule has 1 N–H and O–H groups in total. The maximum atomic E-state index is 12.6. The van der Waals surface area contributed by atoms with Gasteiger partial charge in [-0.2, -0.15) is 5.10 Å². The molecule has 1 atom stereocenters. The van der Waals surface area contributed by atoms with Gasteiger partial charge in [0.1, 0.15) is 12.7 Å². The van der Waals surface area contributed by atoms with Crippen LogP contribution in [0.5, 0.6) is 11.5 Å². The van der Waals surface area contributed by atoms with Crippen LogP contribution in [0.15, 0.2) is 67.3 Å². The smallest absolute Gasteiger partial charge is 0.244 e. The number of ether oxygens (including phenoxy) is 2. The monoisotopic (exact) mass is 420 g/mol. The molecule has 7 heteroatoms. The topological polar surface area (TPSA) is 78.3 Å². The van der Waals surface area contributed by atoms with Crippen molar-refractivity contribution in [1.82, 2.24) is 20.1 Å². The minimum absolute atomic E-state index is 0.201. The van der Waals surface area contributed by atoms with Gasteiger partial charge in [-0.15, -0.1) is 0 Å². The van der Waals surface area contributed by atoms with Gasteiger partial charge in [0, 0.05) is 6.08 Å². The van der Waals surface area contributed by atoms with Crippen molar-refractivity contribution in [3.05, 3.63) is 78.4 Å². The Morgan fingerprint density at radius 1 is 1.16 bits per heavy atom. The van der Waals surface area contributed by atoms with Crippen molar-refractivity contribution in [1.29, 1.82) is 0 Å². The lowest BCUT2D eigenvalue weighted by atomic mass is 10.1. The molecule has 1 unspecified atom stereocenters. The van der Waals surface area contributed by atoms with E-state index in [1.165, 1.54) is 12.4 Å². The quantitative estimate of drug-likeness (QED) is 0.504. The van der Waals surface area contributed by atoms with Crippen LogP contribution in [-0.2, 0) is 11.3 Å². The number of amides is 1. The lowest BCUT2D eigenvalue weighted by Crippen LogP contribution is -2.30. The standard InChI is InChI=1S/C24H28N4O3/c1-18(2)15-31-22-11-9-19(13-23(22)30-3)10-12-24(29)27-21(14-28-17-25-16-26-28)20-7-5-4-6-8-20/h4-13,16-18,21H,14-15H2,1-3H3,(H,27,29)/b12-10+. The van der Waals surface area contributed by atoms with Gasteiger partial charge in [0.15, 0.2) is 11.5 Å². The van der Waals surface area contributed by atoms with Crippen LogP contribution in [0.25, 0.3) is 6.08 Å². The summed E-state index contributed by atoms with van der Waals surface area (Å²) >= 11 is 0. The Hall–Kier alpha value is -3.61. The number of carbonyl (C=O) groups is 1. The first-order valence-electron chi connectivity index (χ1n) is 10.2. The Morgan fingerprint density at radius 3 is 2.65 bits per heavy atom. The fourth-order valence-corrected chi connectivity index (χ4v) is 2.99. The average molecular weight is 421 g/mol. The lowest BCUT2D eigenvalue weighted by molar-refractivity contribution is -0.117. The van der Waals surface area contributed by atoms with E-state index in [1.807, 2.05) is 48.5 Å². The largest absolute Gasteiger partial charge is 0.493 e. The van der Waals surface area contributed by atoms with Crippen LogP contribution >= 0.6 is 0 Å². The molecule has 7 nitrogen and oxygen atoms in total. The summed E-state index contributed by atoms with van der Waals surface area (Å²) in [6.45, 7) is 5.28. The van der Waals surface area contributed by atoms with E-state index >= 15 is 0 Å². The Labute approximate surface area is 182 Å². The van der Waals surface area contributed by atoms with Gasteiger partial charge >= 0.3 is 0 Å². The number of hydrogen-bond donors (Lipinski definition) is 1. The molecule has 0 bridgehead atoms. The summed E-state index contributed by atoms with van der Waals surface area (Å²) in [5, 5.41) is 7.19. The first-order valence-corrected chi connectivity index (χ1v) is 10.2. The molecule has 162 valence electrons. The summed E-state index contributed by atoms with van der Waals surface area (Å²) in [6, 6.07) is 15.2. The van der Waals surface area contributed by atoms with Gasteiger partial charge in [0.25, 0.3) is 0 Å². The van der Waals surface area contributed by atoms with Gasteiger partial charge in [-0.3, -0.25) is 9.48 Å². The highest BCUT2D eigenvalue weighted by Crippen LogP contribution is 2.29. The van der Waals surface area contributed by atoms with E-state index in [1.54, 1.807) is 24.2 Å². The molecule has 3 rings (SSSR count). The predicted octanol–water partition coefficient (Wildman–Crippen LogP) is 3.89. The van der Waals surface area contributed by atoms with E-state index < -0.39 is 0 Å². The first-order chi connectivity index (χ1) is 15.0. The molecule has 1 aromatic heterocycles. The maximum absolute atomic E-state index is 12.6. The summed E-state index contributed by atoms with van der Waals surface area (Å²) < 4.78 is 12.9. The molecular weight excluding hydrogens is 392 g/mol. The number of nitrogens with zero attached hydrogens (tertiary/aromatic N) is 3. The highest BCUT2D eigenvalue weighted by Gasteiger charge is 2.14. The van der Waals surface area contributed by atoms with E-state index in [0.717, 1.165) is 11.1 Å². The molecule has 0 saturated carbocycles. The first kappa shape index (κ1) is 22.1. The van der Waals surface area contributed by atoms with E-state index in [2.05, 4.69) is 29.2 Å². The number of aromatic nitrogens is 3. The minimum Gasteiger partial charge on any atom is -0.493 e. The SMILES string of the molecule is COc1cc(/C=C/C(=O)NC(Cn2cncn2)c2ccccc2)ccc1OCC(C)C. The summed E-state index contributed by atoms with van der Waals surface area (Å²) in [6.07, 6.45) is 6.38.